The van der Waals surface area contributed by atoms with E-state index in [1.54, 1.807) is 39.7 Å². The van der Waals surface area contributed by atoms with Gasteiger partial charge in [-0.2, -0.15) is 5.10 Å². The summed E-state index contributed by atoms with van der Waals surface area (Å²) in [4.78, 5) is 0. The van der Waals surface area contributed by atoms with Crippen LogP contribution in [-0.4, -0.2) is 42.4 Å². The molecular formula is C12H14N4O3. The molecule has 1 aromatic carbocycles. The van der Waals surface area contributed by atoms with Crippen LogP contribution in [0.2, 0.25) is 0 Å². The second-order valence-corrected chi connectivity index (χ2v) is 3.53. The summed E-state index contributed by atoms with van der Waals surface area (Å²) in [5.41, 5.74) is 0.708. The highest BCUT2D eigenvalue weighted by Crippen LogP contribution is 2.32. The predicted molar refractivity (Wildman–Crippen MR) is 69.1 cm³/mol. The molecule has 2 rings (SSSR count). The first-order chi connectivity index (χ1) is 9.28. The molecule has 0 aliphatic carbocycles. The van der Waals surface area contributed by atoms with Gasteiger partial charge in [-0.25, -0.2) is 4.68 Å². The summed E-state index contributed by atoms with van der Waals surface area (Å²) in [6.07, 6.45) is 4.58. The minimum atomic E-state index is 0.605. The number of nitrogens with zero attached hydrogens (tertiary/aromatic N) is 4. The Labute approximate surface area is 110 Å². The van der Waals surface area contributed by atoms with Gasteiger partial charge in [0.25, 0.3) is 0 Å². The zero-order valence-electron chi connectivity index (χ0n) is 10.9. The van der Waals surface area contributed by atoms with Gasteiger partial charge in [0.2, 0.25) is 0 Å². The highest BCUT2D eigenvalue weighted by molar-refractivity contribution is 5.88. The van der Waals surface area contributed by atoms with Crippen LogP contribution >= 0.6 is 0 Å². The van der Waals surface area contributed by atoms with Gasteiger partial charge in [0.15, 0.2) is 0 Å². The third kappa shape index (κ3) is 2.82. The van der Waals surface area contributed by atoms with Gasteiger partial charge in [0.05, 0.1) is 33.1 Å². The monoisotopic (exact) mass is 262 g/mol. The fourth-order valence-corrected chi connectivity index (χ4v) is 1.54. The molecule has 0 saturated heterocycles. The van der Waals surface area contributed by atoms with Crippen LogP contribution in [0.4, 0.5) is 0 Å². The van der Waals surface area contributed by atoms with Gasteiger partial charge in [0.1, 0.15) is 29.9 Å². The van der Waals surface area contributed by atoms with Gasteiger partial charge < -0.3 is 14.2 Å². The molecule has 0 N–H and O–H groups in total. The van der Waals surface area contributed by atoms with Gasteiger partial charge in [0, 0.05) is 12.1 Å². The van der Waals surface area contributed by atoms with Crippen LogP contribution in [0, 0.1) is 0 Å². The first kappa shape index (κ1) is 12.9. The molecule has 0 saturated carbocycles. The van der Waals surface area contributed by atoms with Crippen LogP contribution in [0.1, 0.15) is 5.56 Å². The van der Waals surface area contributed by atoms with Crippen molar-refractivity contribution in [3.05, 3.63) is 30.4 Å². The van der Waals surface area contributed by atoms with Gasteiger partial charge >= 0.3 is 0 Å². The van der Waals surface area contributed by atoms with Gasteiger partial charge in [-0.05, 0) is 0 Å². The van der Waals surface area contributed by atoms with E-state index in [1.807, 2.05) is 0 Å². The third-order valence-corrected chi connectivity index (χ3v) is 2.48. The van der Waals surface area contributed by atoms with Crippen molar-refractivity contribution in [1.29, 1.82) is 0 Å². The second-order valence-electron chi connectivity index (χ2n) is 3.53. The van der Waals surface area contributed by atoms with Crippen LogP contribution in [0.15, 0.2) is 29.9 Å². The number of hydrogen-bond acceptors (Lipinski definition) is 6. The minimum absolute atomic E-state index is 0.605. The maximum absolute atomic E-state index is 5.31. The lowest BCUT2D eigenvalue weighted by Crippen LogP contribution is -1.98. The zero-order chi connectivity index (χ0) is 13.7. The molecule has 0 spiro atoms. The van der Waals surface area contributed by atoms with Gasteiger partial charge in [-0.1, -0.05) is 0 Å². The summed E-state index contributed by atoms with van der Waals surface area (Å²) in [6, 6.07) is 3.52. The number of methoxy groups -OCH3 is 3. The summed E-state index contributed by atoms with van der Waals surface area (Å²) in [5, 5.41) is 11.5. The first-order valence-corrected chi connectivity index (χ1v) is 5.47. The number of ether oxygens (including phenoxy) is 3. The molecule has 0 atom stereocenters. The molecular weight excluding hydrogens is 248 g/mol. The lowest BCUT2D eigenvalue weighted by molar-refractivity contribution is 0.374. The standard InChI is InChI=1S/C12H14N4O3/c1-17-9-4-11(18-2)10(12(5-9)19-3)6-15-16-7-13-14-8-16/h4-8H,1-3H3. The average Bonchev–Trinajstić information content (AvgIpc) is 2.97. The molecule has 0 amide bonds. The molecule has 0 aliphatic heterocycles. The molecule has 19 heavy (non-hydrogen) atoms. The highest BCUT2D eigenvalue weighted by atomic mass is 16.5. The van der Waals surface area contributed by atoms with Crippen molar-refractivity contribution >= 4 is 6.21 Å². The van der Waals surface area contributed by atoms with Crippen molar-refractivity contribution in [2.24, 2.45) is 5.10 Å². The van der Waals surface area contributed by atoms with Crippen molar-refractivity contribution in [2.45, 2.75) is 0 Å². The number of hydrogen-bond donors (Lipinski definition) is 0. The third-order valence-electron chi connectivity index (χ3n) is 2.48. The van der Waals surface area contributed by atoms with E-state index in [9.17, 15) is 0 Å². The number of rotatable bonds is 5. The van der Waals surface area contributed by atoms with E-state index in [2.05, 4.69) is 15.3 Å². The maximum atomic E-state index is 5.31. The van der Waals surface area contributed by atoms with Crippen LogP contribution in [0.3, 0.4) is 0 Å². The van der Waals surface area contributed by atoms with Crippen molar-refractivity contribution in [1.82, 2.24) is 14.9 Å². The quantitative estimate of drug-likeness (QED) is 0.757. The smallest absolute Gasteiger partial charge is 0.141 e. The second kappa shape index (κ2) is 5.85. The molecule has 2 aromatic rings. The normalized spacial score (nSPS) is 10.7. The Morgan fingerprint density at radius 3 is 2.05 bits per heavy atom. The fraction of sp³-hybridized carbons (Fsp3) is 0.250. The molecule has 0 fully saturated rings. The van der Waals surface area contributed by atoms with E-state index in [0.717, 1.165) is 0 Å². The Kier molecular flexibility index (Phi) is 3.97. The van der Waals surface area contributed by atoms with Gasteiger partial charge in [-0.15, -0.1) is 10.2 Å². The van der Waals surface area contributed by atoms with Crippen LogP contribution in [0.25, 0.3) is 0 Å². The van der Waals surface area contributed by atoms with Crippen molar-refractivity contribution in [3.8, 4) is 17.2 Å². The molecule has 0 radical (unpaired) electrons. The molecule has 1 heterocycles. The molecule has 0 bridgehead atoms. The van der Waals surface area contributed by atoms with Gasteiger partial charge in [-0.3, -0.25) is 0 Å². The SMILES string of the molecule is COc1cc(OC)c(C=Nn2cnnc2)c(OC)c1. The van der Waals surface area contributed by atoms with E-state index in [4.69, 9.17) is 14.2 Å². The van der Waals surface area contributed by atoms with Crippen LogP contribution in [0.5, 0.6) is 17.2 Å². The Bertz CT molecular complexity index is 541. The summed E-state index contributed by atoms with van der Waals surface area (Å²) in [5.74, 6) is 1.86. The maximum Gasteiger partial charge on any atom is 0.141 e. The molecule has 0 unspecified atom stereocenters. The predicted octanol–water partition coefficient (Wildman–Crippen LogP) is 1.19. The van der Waals surface area contributed by atoms with E-state index in [1.165, 1.54) is 17.3 Å². The average molecular weight is 262 g/mol. The molecule has 1 aromatic heterocycles. The topological polar surface area (TPSA) is 70.8 Å². The summed E-state index contributed by atoms with van der Waals surface area (Å²) in [6.45, 7) is 0. The number of benzene rings is 1. The largest absolute Gasteiger partial charge is 0.496 e. The van der Waals surface area contributed by atoms with E-state index < -0.39 is 0 Å². The van der Waals surface area contributed by atoms with E-state index >= 15 is 0 Å². The Morgan fingerprint density at radius 1 is 1.00 bits per heavy atom. The Morgan fingerprint density at radius 2 is 1.58 bits per heavy atom. The summed E-state index contributed by atoms with van der Waals surface area (Å²) in [7, 11) is 4.73. The zero-order valence-corrected chi connectivity index (χ0v) is 10.9. The summed E-state index contributed by atoms with van der Waals surface area (Å²) >= 11 is 0. The molecule has 7 heteroatoms. The summed E-state index contributed by atoms with van der Waals surface area (Å²) < 4.78 is 17.3. The molecule has 0 aliphatic rings. The number of aromatic nitrogens is 3. The fourth-order valence-electron chi connectivity index (χ4n) is 1.54. The van der Waals surface area contributed by atoms with Crippen molar-refractivity contribution in [2.75, 3.05) is 21.3 Å². The van der Waals surface area contributed by atoms with Crippen molar-refractivity contribution < 1.29 is 14.2 Å². The van der Waals surface area contributed by atoms with Crippen LogP contribution < -0.4 is 14.2 Å². The lowest BCUT2D eigenvalue weighted by Gasteiger charge is -2.11. The van der Waals surface area contributed by atoms with E-state index in [-0.39, 0.29) is 0 Å². The van der Waals surface area contributed by atoms with Crippen LogP contribution in [-0.2, 0) is 0 Å². The Hall–Kier alpha value is -2.57. The van der Waals surface area contributed by atoms with Crippen molar-refractivity contribution in [3.63, 3.8) is 0 Å². The molecule has 100 valence electrons. The lowest BCUT2D eigenvalue weighted by atomic mass is 10.2. The first-order valence-electron chi connectivity index (χ1n) is 5.47. The minimum Gasteiger partial charge on any atom is -0.496 e. The Balaban J connectivity index is 2.42. The van der Waals surface area contributed by atoms with E-state index in [0.29, 0.717) is 22.8 Å². The molecule has 7 nitrogen and oxygen atoms in total. The highest BCUT2D eigenvalue weighted by Gasteiger charge is 2.11.